The van der Waals surface area contributed by atoms with Crippen LogP contribution in [0.5, 0.6) is 0 Å². The third-order valence-corrected chi connectivity index (χ3v) is 5.33. The first kappa shape index (κ1) is 13.9. The summed E-state index contributed by atoms with van der Waals surface area (Å²) in [4.78, 5) is 15.5. The zero-order valence-corrected chi connectivity index (χ0v) is 13.3. The molecule has 1 aliphatic heterocycles. The van der Waals surface area contributed by atoms with Gasteiger partial charge in [0.2, 0.25) is 0 Å². The van der Waals surface area contributed by atoms with E-state index in [0.29, 0.717) is 15.6 Å². The summed E-state index contributed by atoms with van der Waals surface area (Å²) in [6, 6.07) is 0. The fraction of sp³-hybridized carbons (Fsp3) is 0.750. The molecule has 0 spiro atoms. The van der Waals surface area contributed by atoms with Crippen LogP contribution in [0.4, 0.5) is 0 Å². The number of alkyl halides is 1. The number of hydrogen-bond donors (Lipinski definition) is 0. The molecule has 6 heteroatoms. The Hall–Kier alpha value is -0.490. The Balaban J connectivity index is 2.14. The molecule has 4 nitrogen and oxygen atoms in total. The van der Waals surface area contributed by atoms with Crippen molar-refractivity contribution in [1.82, 2.24) is 14.5 Å². The first-order chi connectivity index (χ1) is 8.50. The Morgan fingerprint density at radius 2 is 2.28 bits per heavy atom. The number of carbonyl (C=O) groups excluding carboxylic acids is 1. The number of likely N-dealkylation sites (tertiary alicyclic amines) is 1. The van der Waals surface area contributed by atoms with Crippen LogP contribution in [-0.4, -0.2) is 38.3 Å². The van der Waals surface area contributed by atoms with E-state index in [1.54, 1.807) is 0 Å². The Morgan fingerprint density at radius 1 is 1.56 bits per heavy atom. The van der Waals surface area contributed by atoms with Crippen molar-refractivity contribution in [2.24, 2.45) is 5.92 Å². The first-order valence-electron chi connectivity index (χ1n) is 6.26. The van der Waals surface area contributed by atoms with E-state index >= 15 is 0 Å². The Kier molecular flexibility index (Phi) is 4.37. The van der Waals surface area contributed by atoms with Gasteiger partial charge in [-0.1, -0.05) is 41.2 Å². The topological polar surface area (TPSA) is 46.1 Å². The molecule has 1 aromatic heterocycles. The summed E-state index contributed by atoms with van der Waals surface area (Å²) >= 11 is 4.87. The van der Waals surface area contributed by atoms with Gasteiger partial charge in [-0.25, -0.2) is 0 Å². The van der Waals surface area contributed by atoms with Gasteiger partial charge in [0.25, 0.3) is 5.91 Å². The van der Waals surface area contributed by atoms with Gasteiger partial charge < -0.3 is 4.90 Å². The number of amides is 1. The molecule has 0 bridgehead atoms. The minimum atomic E-state index is 0.0880. The average Bonchev–Trinajstić information content (AvgIpc) is 2.81. The SMILES string of the molecule is CC(C)c1nnsc1C(=O)N1CCC(C)C(Br)C1. The van der Waals surface area contributed by atoms with Crippen molar-refractivity contribution in [2.45, 2.75) is 37.9 Å². The molecule has 1 amide bonds. The molecule has 1 fully saturated rings. The minimum absolute atomic E-state index is 0.0880. The van der Waals surface area contributed by atoms with E-state index < -0.39 is 0 Å². The third-order valence-electron chi connectivity index (χ3n) is 3.41. The lowest BCUT2D eigenvalue weighted by Crippen LogP contribution is -2.43. The van der Waals surface area contributed by atoms with Crippen molar-refractivity contribution in [3.8, 4) is 0 Å². The fourth-order valence-corrected chi connectivity index (χ4v) is 3.48. The molecule has 0 N–H and O–H groups in total. The third kappa shape index (κ3) is 2.74. The molecule has 2 rings (SSSR count). The molecule has 0 radical (unpaired) electrons. The van der Waals surface area contributed by atoms with Gasteiger partial charge >= 0.3 is 0 Å². The highest BCUT2D eigenvalue weighted by atomic mass is 79.9. The highest BCUT2D eigenvalue weighted by Gasteiger charge is 2.30. The molecule has 0 aliphatic carbocycles. The summed E-state index contributed by atoms with van der Waals surface area (Å²) in [5.41, 5.74) is 0.828. The summed E-state index contributed by atoms with van der Waals surface area (Å²) in [5, 5.41) is 4.07. The lowest BCUT2D eigenvalue weighted by molar-refractivity contribution is 0.0709. The van der Waals surface area contributed by atoms with Crippen LogP contribution in [0.15, 0.2) is 0 Å². The van der Waals surface area contributed by atoms with Crippen molar-refractivity contribution in [2.75, 3.05) is 13.1 Å². The fourth-order valence-electron chi connectivity index (χ4n) is 2.07. The normalized spacial score (nSPS) is 24.6. The van der Waals surface area contributed by atoms with E-state index in [2.05, 4.69) is 32.4 Å². The van der Waals surface area contributed by atoms with Gasteiger partial charge in [-0.3, -0.25) is 4.79 Å². The van der Waals surface area contributed by atoms with Crippen molar-refractivity contribution in [1.29, 1.82) is 0 Å². The van der Waals surface area contributed by atoms with E-state index in [0.717, 1.165) is 25.2 Å². The van der Waals surface area contributed by atoms with Crippen LogP contribution in [0.3, 0.4) is 0 Å². The van der Waals surface area contributed by atoms with Gasteiger partial charge in [0.15, 0.2) is 0 Å². The van der Waals surface area contributed by atoms with E-state index in [9.17, 15) is 4.79 Å². The number of nitrogens with zero attached hydrogens (tertiary/aromatic N) is 3. The van der Waals surface area contributed by atoms with Gasteiger partial charge in [-0.05, 0) is 29.8 Å². The summed E-state index contributed by atoms with van der Waals surface area (Å²) in [7, 11) is 0. The van der Waals surface area contributed by atoms with Crippen LogP contribution in [0.25, 0.3) is 0 Å². The molecule has 0 aromatic carbocycles. The number of halogens is 1. The second-order valence-electron chi connectivity index (χ2n) is 5.18. The monoisotopic (exact) mass is 331 g/mol. The molecule has 1 aromatic rings. The van der Waals surface area contributed by atoms with Crippen LogP contribution in [-0.2, 0) is 0 Å². The van der Waals surface area contributed by atoms with Gasteiger partial charge in [0.1, 0.15) is 4.88 Å². The maximum Gasteiger partial charge on any atom is 0.267 e. The zero-order chi connectivity index (χ0) is 13.3. The predicted molar refractivity (Wildman–Crippen MR) is 76.4 cm³/mol. The average molecular weight is 332 g/mol. The highest BCUT2D eigenvalue weighted by Crippen LogP contribution is 2.27. The van der Waals surface area contributed by atoms with E-state index in [4.69, 9.17) is 0 Å². The molecular formula is C12H18BrN3OS. The van der Waals surface area contributed by atoms with E-state index in [1.807, 2.05) is 18.7 Å². The smallest absolute Gasteiger partial charge is 0.267 e. The zero-order valence-electron chi connectivity index (χ0n) is 10.9. The van der Waals surface area contributed by atoms with Crippen LogP contribution >= 0.6 is 27.5 Å². The van der Waals surface area contributed by atoms with Crippen LogP contribution in [0.2, 0.25) is 0 Å². The molecule has 2 atom stereocenters. The van der Waals surface area contributed by atoms with Gasteiger partial charge in [0, 0.05) is 17.9 Å². The Bertz CT molecular complexity index is 435. The molecule has 18 heavy (non-hydrogen) atoms. The maximum absolute atomic E-state index is 12.5. The summed E-state index contributed by atoms with van der Waals surface area (Å²) < 4.78 is 3.93. The van der Waals surface area contributed by atoms with Crippen LogP contribution in [0.1, 0.15) is 48.5 Å². The van der Waals surface area contributed by atoms with Crippen molar-refractivity contribution in [3.05, 3.63) is 10.6 Å². The molecule has 2 heterocycles. The Morgan fingerprint density at radius 3 is 2.89 bits per heavy atom. The highest BCUT2D eigenvalue weighted by molar-refractivity contribution is 9.09. The predicted octanol–water partition coefficient (Wildman–Crippen LogP) is 2.91. The number of aromatic nitrogens is 2. The number of hydrogen-bond acceptors (Lipinski definition) is 4. The largest absolute Gasteiger partial charge is 0.337 e. The van der Waals surface area contributed by atoms with Crippen molar-refractivity contribution >= 4 is 33.4 Å². The lowest BCUT2D eigenvalue weighted by atomic mass is 9.98. The second-order valence-corrected chi connectivity index (χ2v) is 7.11. The number of piperidine rings is 1. The van der Waals surface area contributed by atoms with Gasteiger partial charge in [0.05, 0.1) is 5.69 Å². The molecule has 1 saturated heterocycles. The summed E-state index contributed by atoms with van der Waals surface area (Å²) in [6.07, 6.45) is 1.05. The van der Waals surface area contributed by atoms with Crippen LogP contribution in [0, 0.1) is 5.92 Å². The minimum Gasteiger partial charge on any atom is -0.337 e. The molecular weight excluding hydrogens is 314 g/mol. The second kappa shape index (κ2) is 5.65. The molecule has 2 unspecified atom stereocenters. The molecule has 0 saturated carbocycles. The van der Waals surface area contributed by atoms with E-state index in [1.165, 1.54) is 11.5 Å². The van der Waals surface area contributed by atoms with Gasteiger partial charge in [-0.15, -0.1) is 5.10 Å². The maximum atomic E-state index is 12.5. The standard InChI is InChI=1S/C12H18BrN3OS/c1-7(2)10-11(18-15-14-10)12(17)16-5-4-8(3)9(13)6-16/h7-9H,4-6H2,1-3H3. The Labute approximate surface area is 120 Å². The number of carbonyl (C=O) groups is 1. The number of rotatable bonds is 2. The first-order valence-corrected chi connectivity index (χ1v) is 7.95. The van der Waals surface area contributed by atoms with Crippen molar-refractivity contribution in [3.63, 3.8) is 0 Å². The lowest BCUT2D eigenvalue weighted by Gasteiger charge is -2.34. The van der Waals surface area contributed by atoms with Crippen LogP contribution < -0.4 is 0 Å². The summed E-state index contributed by atoms with van der Waals surface area (Å²) in [5.74, 6) is 0.953. The molecule has 100 valence electrons. The summed E-state index contributed by atoms with van der Waals surface area (Å²) in [6.45, 7) is 7.90. The van der Waals surface area contributed by atoms with Gasteiger partial charge in [-0.2, -0.15) is 0 Å². The van der Waals surface area contributed by atoms with Crippen molar-refractivity contribution < 1.29 is 4.79 Å². The molecule has 1 aliphatic rings. The van der Waals surface area contributed by atoms with E-state index in [-0.39, 0.29) is 11.8 Å². The quantitative estimate of drug-likeness (QED) is 0.783.